The zero-order chi connectivity index (χ0) is 22.1. The maximum atomic E-state index is 12.9. The van der Waals surface area contributed by atoms with Crippen molar-refractivity contribution in [2.24, 2.45) is 0 Å². The van der Waals surface area contributed by atoms with Gasteiger partial charge in [0.25, 0.3) is 5.91 Å². The highest BCUT2D eigenvalue weighted by molar-refractivity contribution is 7.86. The van der Waals surface area contributed by atoms with E-state index in [4.69, 9.17) is 11.6 Å². The number of carbonyl (C=O) groups excluding carboxylic acids is 1. The molecule has 1 aromatic heterocycles. The van der Waals surface area contributed by atoms with E-state index >= 15 is 0 Å². The minimum Gasteiger partial charge on any atom is -0.322 e. The molecule has 0 radical (unpaired) electrons. The second-order valence-electron chi connectivity index (χ2n) is 7.43. The summed E-state index contributed by atoms with van der Waals surface area (Å²) in [6, 6.07) is 20.3. The van der Waals surface area contributed by atoms with Crippen molar-refractivity contribution in [3.8, 4) is 11.4 Å². The maximum absolute atomic E-state index is 12.9. The van der Waals surface area contributed by atoms with Crippen LogP contribution in [0.3, 0.4) is 0 Å². The van der Waals surface area contributed by atoms with E-state index in [-0.39, 0.29) is 5.91 Å². The molecular formula is C24H19ClN4O2S. The van der Waals surface area contributed by atoms with E-state index < -0.39 is 11.0 Å². The van der Waals surface area contributed by atoms with Crippen LogP contribution in [-0.2, 0) is 11.0 Å². The van der Waals surface area contributed by atoms with Crippen molar-refractivity contribution in [3.63, 3.8) is 0 Å². The Morgan fingerprint density at radius 2 is 1.94 bits per heavy atom. The monoisotopic (exact) mass is 462 g/mol. The van der Waals surface area contributed by atoms with Gasteiger partial charge in [-0.2, -0.15) is 0 Å². The van der Waals surface area contributed by atoms with Crippen LogP contribution < -0.4 is 9.62 Å². The Labute approximate surface area is 192 Å². The lowest BCUT2D eigenvalue weighted by molar-refractivity contribution is 0.102. The highest BCUT2D eigenvalue weighted by atomic mass is 35.5. The summed E-state index contributed by atoms with van der Waals surface area (Å²) in [5, 5.41) is 4.18. The lowest BCUT2D eigenvalue weighted by atomic mass is 10.1. The third kappa shape index (κ3) is 4.09. The molecule has 1 amide bonds. The van der Waals surface area contributed by atoms with Gasteiger partial charge < -0.3 is 5.32 Å². The van der Waals surface area contributed by atoms with Crippen molar-refractivity contribution >= 4 is 50.8 Å². The van der Waals surface area contributed by atoms with E-state index in [9.17, 15) is 9.00 Å². The van der Waals surface area contributed by atoms with Crippen LogP contribution in [0.15, 0.2) is 72.9 Å². The minimum atomic E-state index is -1.04. The minimum absolute atomic E-state index is 0.318. The van der Waals surface area contributed by atoms with Crippen LogP contribution in [0.4, 0.5) is 11.4 Å². The first-order valence-electron chi connectivity index (χ1n) is 10.2. The van der Waals surface area contributed by atoms with Gasteiger partial charge in [-0.05, 0) is 42.8 Å². The van der Waals surface area contributed by atoms with Gasteiger partial charge in [-0.15, -0.1) is 0 Å². The molecule has 5 rings (SSSR count). The lowest BCUT2D eigenvalue weighted by Gasteiger charge is -2.17. The number of fused-ring (bicyclic) bond motifs is 1. The van der Waals surface area contributed by atoms with Crippen LogP contribution >= 0.6 is 11.6 Å². The largest absolute Gasteiger partial charge is 0.322 e. The topological polar surface area (TPSA) is 75.2 Å². The maximum Gasteiger partial charge on any atom is 0.257 e. The van der Waals surface area contributed by atoms with Gasteiger partial charge in [0.2, 0.25) is 0 Å². The summed E-state index contributed by atoms with van der Waals surface area (Å²) < 4.78 is 13.9. The lowest BCUT2D eigenvalue weighted by Crippen LogP contribution is -2.20. The number of para-hydroxylation sites is 1. The Balaban J connectivity index is 1.37. The van der Waals surface area contributed by atoms with Crippen LogP contribution in [0.2, 0.25) is 5.02 Å². The zero-order valence-electron chi connectivity index (χ0n) is 17.0. The first-order chi connectivity index (χ1) is 15.6. The highest BCUT2D eigenvalue weighted by Gasteiger charge is 2.22. The van der Waals surface area contributed by atoms with Crippen molar-refractivity contribution in [3.05, 3.63) is 83.5 Å². The Bertz CT molecular complexity index is 1360. The normalized spacial score (nSPS) is 15.8. The average Bonchev–Trinajstić information content (AvgIpc) is 3.24. The summed E-state index contributed by atoms with van der Waals surface area (Å²) in [7, 11) is -1.04. The predicted octanol–water partition coefficient (Wildman–Crippen LogP) is 5.08. The number of aromatic nitrogens is 2. The molecule has 0 bridgehead atoms. The van der Waals surface area contributed by atoms with Crippen molar-refractivity contribution in [1.29, 1.82) is 0 Å². The second-order valence-corrected chi connectivity index (χ2v) is 9.33. The molecule has 8 heteroatoms. The van der Waals surface area contributed by atoms with E-state index in [0.717, 1.165) is 35.1 Å². The molecule has 3 aromatic carbocycles. The van der Waals surface area contributed by atoms with Crippen LogP contribution in [0.5, 0.6) is 0 Å². The third-order valence-corrected chi connectivity index (χ3v) is 7.11. The molecule has 1 fully saturated rings. The summed E-state index contributed by atoms with van der Waals surface area (Å²) in [6.45, 7) is 0.720. The number of carbonyl (C=O) groups is 1. The van der Waals surface area contributed by atoms with Crippen molar-refractivity contribution in [2.45, 2.75) is 6.42 Å². The van der Waals surface area contributed by atoms with Gasteiger partial charge in [0, 0.05) is 35.1 Å². The van der Waals surface area contributed by atoms with Gasteiger partial charge in [0.1, 0.15) is 11.0 Å². The number of halogens is 1. The number of hydrogen-bond donors (Lipinski definition) is 1. The molecule has 160 valence electrons. The standard InChI is InChI=1S/C24H19ClN4O2S/c25-21-14-19(29-11-4-12-32(29)31)9-10-20(21)24(30)27-18-7-3-6-16(13-18)23-26-15-17-5-1-2-8-22(17)28-23/h1-3,5-10,13-15H,4,11-12H2,(H,27,30). The predicted molar refractivity (Wildman–Crippen MR) is 129 cm³/mol. The van der Waals surface area contributed by atoms with Gasteiger partial charge in [-0.25, -0.2) is 14.2 Å². The molecule has 1 N–H and O–H groups in total. The Kier molecular flexibility index (Phi) is 5.59. The number of anilines is 2. The van der Waals surface area contributed by atoms with Gasteiger partial charge in [0.15, 0.2) is 5.82 Å². The van der Waals surface area contributed by atoms with Gasteiger partial charge >= 0.3 is 0 Å². The number of nitrogens with one attached hydrogen (secondary N) is 1. The van der Waals surface area contributed by atoms with E-state index in [1.165, 1.54) is 0 Å². The van der Waals surface area contributed by atoms with Crippen molar-refractivity contribution in [2.75, 3.05) is 21.9 Å². The summed E-state index contributed by atoms with van der Waals surface area (Å²) in [4.78, 5) is 21.9. The fourth-order valence-electron chi connectivity index (χ4n) is 3.68. The molecule has 2 heterocycles. The summed E-state index contributed by atoms with van der Waals surface area (Å²) in [6.07, 6.45) is 2.67. The molecule has 0 saturated carbocycles. The number of benzene rings is 3. The molecule has 32 heavy (non-hydrogen) atoms. The molecule has 1 atom stereocenters. The summed E-state index contributed by atoms with van der Waals surface area (Å²) in [5.74, 6) is 0.915. The number of amides is 1. The number of hydrogen-bond acceptors (Lipinski definition) is 4. The first-order valence-corrected chi connectivity index (χ1v) is 11.8. The zero-order valence-corrected chi connectivity index (χ0v) is 18.6. The quantitative estimate of drug-likeness (QED) is 0.459. The first kappa shape index (κ1) is 20.6. The molecule has 1 aliphatic heterocycles. The van der Waals surface area contributed by atoms with Gasteiger partial charge in [-0.3, -0.25) is 9.10 Å². The van der Waals surface area contributed by atoms with Crippen molar-refractivity contribution in [1.82, 2.24) is 9.97 Å². The van der Waals surface area contributed by atoms with Crippen LogP contribution in [0.1, 0.15) is 16.8 Å². The van der Waals surface area contributed by atoms with Crippen LogP contribution in [0, 0.1) is 0 Å². The van der Waals surface area contributed by atoms with E-state index in [1.54, 1.807) is 34.8 Å². The SMILES string of the molecule is O=C(Nc1cccc(-c2ncc3ccccc3n2)c1)c1ccc(N2CCCS2=O)cc1Cl. The Morgan fingerprint density at radius 1 is 1.06 bits per heavy atom. The number of rotatable bonds is 4. The molecular weight excluding hydrogens is 444 g/mol. The summed E-state index contributed by atoms with van der Waals surface area (Å²) >= 11 is 6.39. The van der Waals surface area contributed by atoms with Crippen LogP contribution in [0.25, 0.3) is 22.3 Å². The molecule has 1 aliphatic rings. The smallest absolute Gasteiger partial charge is 0.257 e. The summed E-state index contributed by atoms with van der Waals surface area (Å²) in [5.41, 5.74) is 3.39. The second kappa shape index (κ2) is 8.68. The molecule has 1 unspecified atom stereocenters. The van der Waals surface area contributed by atoms with E-state index in [0.29, 0.717) is 27.9 Å². The third-order valence-electron chi connectivity index (χ3n) is 5.28. The van der Waals surface area contributed by atoms with Gasteiger partial charge in [0.05, 0.1) is 21.8 Å². The van der Waals surface area contributed by atoms with Gasteiger partial charge in [-0.1, -0.05) is 41.9 Å². The van der Waals surface area contributed by atoms with Crippen molar-refractivity contribution < 1.29 is 9.00 Å². The fraction of sp³-hybridized carbons (Fsp3) is 0.125. The van der Waals surface area contributed by atoms with E-state index in [2.05, 4.69) is 15.3 Å². The highest BCUT2D eigenvalue weighted by Crippen LogP contribution is 2.28. The number of nitrogens with zero attached hydrogens (tertiary/aromatic N) is 3. The molecule has 0 spiro atoms. The molecule has 1 saturated heterocycles. The fourth-order valence-corrected chi connectivity index (χ4v) is 5.22. The molecule has 4 aromatic rings. The van der Waals surface area contributed by atoms with Crippen LogP contribution in [-0.4, -0.2) is 32.4 Å². The van der Waals surface area contributed by atoms with E-state index in [1.807, 2.05) is 42.5 Å². The Morgan fingerprint density at radius 3 is 2.75 bits per heavy atom. The Hall–Kier alpha value is -3.29. The molecule has 6 nitrogen and oxygen atoms in total. The molecule has 0 aliphatic carbocycles. The average molecular weight is 463 g/mol.